The van der Waals surface area contributed by atoms with Crippen molar-refractivity contribution >= 4 is 60.2 Å². The van der Waals surface area contributed by atoms with E-state index in [1.54, 1.807) is 43.0 Å². The van der Waals surface area contributed by atoms with E-state index < -0.39 is 0 Å². The number of para-hydroxylation sites is 2. The van der Waals surface area contributed by atoms with Crippen molar-refractivity contribution in [1.82, 2.24) is 34.3 Å². The van der Waals surface area contributed by atoms with Gasteiger partial charge in [-0.15, -0.1) is 0 Å². The van der Waals surface area contributed by atoms with E-state index in [9.17, 15) is 0 Å². The Labute approximate surface area is 325 Å². The Hall–Kier alpha value is -8.40. The molecule has 0 unspecified atom stereocenters. The average molecular weight is 728 g/mol. The molecule has 7 aromatic heterocycles. The molecule has 11 aromatic rings. The molecule has 57 heavy (non-hydrogen) atoms. The van der Waals surface area contributed by atoms with Crippen molar-refractivity contribution in [1.29, 1.82) is 0 Å². The molecule has 0 aliphatic carbocycles. The number of fused-ring (bicyclic) bond motifs is 5. The first kappa shape index (κ1) is 32.1. The van der Waals surface area contributed by atoms with Crippen LogP contribution in [0.25, 0.3) is 115 Å². The van der Waals surface area contributed by atoms with Crippen LogP contribution >= 0.6 is 0 Å². The van der Waals surface area contributed by atoms with Crippen molar-refractivity contribution in [3.8, 4) is 56.7 Å². The molecule has 0 aliphatic heterocycles. The predicted octanol–water partition coefficient (Wildman–Crippen LogP) is 11.8. The highest BCUT2D eigenvalue weighted by Gasteiger charge is 2.23. The monoisotopic (exact) mass is 727 g/mol. The van der Waals surface area contributed by atoms with E-state index in [4.69, 9.17) is 33.1 Å². The first-order valence-electron chi connectivity index (χ1n) is 18.2. The van der Waals surface area contributed by atoms with E-state index in [1.165, 1.54) is 10.8 Å². The zero-order valence-corrected chi connectivity index (χ0v) is 30.0. The largest absolute Gasteiger partial charge is 0.307 e. The first-order valence-corrected chi connectivity index (χ1v) is 18.2. The van der Waals surface area contributed by atoms with Crippen LogP contribution in [0.4, 0.5) is 11.4 Å². The summed E-state index contributed by atoms with van der Waals surface area (Å²) in [6, 6.07) is 42.2. The first-order chi connectivity index (χ1) is 28.2. The Balaban J connectivity index is 1.21. The molecule has 0 saturated heterocycles. The van der Waals surface area contributed by atoms with Crippen molar-refractivity contribution in [2.45, 2.75) is 0 Å². The minimum absolute atomic E-state index is 0.317. The molecule has 0 bridgehead atoms. The molecule has 7 heterocycles. The van der Waals surface area contributed by atoms with E-state index in [1.807, 2.05) is 48.5 Å². The van der Waals surface area contributed by atoms with Gasteiger partial charge >= 0.3 is 0 Å². The molecule has 11 rings (SSSR count). The SMILES string of the molecule is [C-]#[N+]c1cc(-c2ccccn2)ncc1-c1cc(-c2ncc(-c3ccccn3)cc2[N+]#[C-])nc(-c2cccc3c4cccc5c6cccc7cccc(c76)n(c23)c54)n1. The van der Waals surface area contributed by atoms with Gasteiger partial charge in [0.1, 0.15) is 0 Å². The molecule has 9 nitrogen and oxygen atoms in total. The fourth-order valence-electron chi connectivity index (χ4n) is 8.11. The van der Waals surface area contributed by atoms with Gasteiger partial charge in [-0.2, -0.15) is 0 Å². The highest BCUT2D eigenvalue weighted by Crippen LogP contribution is 2.44. The molecule has 262 valence electrons. The van der Waals surface area contributed by atoms with Crippen LogP contribution in [0, 0.1) is 13.1 Å². The summed E-state index contributed by atoms with van der Waals surface area (Å²) < 4.78 is 2.35. The molecule has 0 fully saturated rings. The number of hydrogen-bond acceptors (Lipinski definition) is 6. The summed E-state index contributed by atoms with van der Waals surface area (Å²) in [4.78, 5) is 36.8. The van der Waals surface area contributed by atoms with Crippen molar-refractivity contribution < 1.29 is 0 Å². The summed E-state index contributed by atoms with van der Waals surface area (Å²) in [6.07, 6.45) is 6.80. The number of aromatic nitrogens is 7. The molecule has 0 radical (unpaired) electrons. The Morgan fingerprint density at radius 3 is 1.93 bits per heavy atom. The Morgan fingerprint density at radius 1 is 0.474 bits per heavy atom. The third kappa shape index (κ3) is 4.94. The smallest absolute Gasteiger partial charge is 0.215 e. The number of nitrogens with zero attached hydrogens (tertiary/aromatic N) is 9. The van der Waals surface area contributed by atoms with Crippen molar-refractivity contribution in [3.05, 3.63) is 175 Å². The third-order valence-corrected chi connectivity index (χ3v) is 10.6. The molecule has 0 amide bonds. The van der Waals surface area contributed by atoms with Crippen LogP contribution < -0.4 is 0 Å². The molecular formula is C48H25N9. The second-order valence-electron chi connectivity index (χ2n) is 13.7. The third-order valence-electron chi connectivity index (χ3n) is 10.6. The Morgan fingerprint density at radius 2 is 1.16 bits per heavy atom. The van der Waals surface area contributed by atoms with Crippen LogP contribution in [0.1, 0.15) is 0 Å². The number of benzene rings is 4. The van der Waals surface area contributed by atoms with Crippen LogP contribution in [0.15, 0.2) is 152 Å². The summed E-state index contributed by atoms with van der Waals surface area (Å²) in [7, 11) is 0. The zero-order valence-electron chi connectivity index (χ0n) is 30.0. The topological polar surface area (TPSA) is 90.5 Å². The summed E-state index contributed by atoms with van der Waals surface area (Å²) in [5, 5.41) is 6.89. The molecular weight excluding hydrogens is 703 g/mol. The van der Waals surface area contributed by atoms with Crippen molar-refractivity contribution in [2.75, 3.05) is 0 Å². The fourth-order valence-corrected chi connectivity index (χ4v) is 8.11. The Bertz CT molecular complexity index is 3360. The average Bonchev–Trinajstić information content (AvgIpc) is 3.63. The van der Waals surface area contributed by atoms with E-state index in [0.29, 0.717) is 56.9 Å². The van der Waals surface area contributed by atoms with Gasteiger partial charge in [-0.1, -0.05) is 72.8 Å². The second kappa shape index (κ2) is 12.6. The van der Waals surface area contributed by atoms with E-state index >= 15 is 0 Å². The molecule has 4 aromatic carbocycles. The molecule has 0 saturated carbocycles. The molecule has 0 spiro atoms. The molecule has 9 heteroatoms. The summed E-state index contributed by atoms with van der Waals surface area (Å²) >= 11 is 0. The van der Waals surface area contributed by atoms with E-state index in [2.05, 4.69) is 84.7 Å². The number of pyridine rings is 5. The lowest BCUT2D eigenvalue weighted by Gasteiger charge is -2.15. The summed E-state index contributed by atoms with van der Waals surface area (Å²) in [5.74, 6) is 0.427. The lowest BCUT2D eigenvalue weighted by molar-refractivity contribution is 1.16. The van der Waals surface area contributed by atoms with Gasteiger partial charge in [-0.3, -0.25) is 19.9 Å². The second-order valence-corrected chi connectivity index (χ2v) is 13.7. The number of rotatable bonds is 5. The van der Waals surface area contributed by atoms with Gasteiger partial charge in [-0.25, -0.2) is 19.7 Å². The Kier molecular flexibility index (Phi) is 7.08. The van der Waals surface area contributed by atoms with Gasteiger partial charge < -0.3 is 4.40 Å². The maximum Gasteiger partial charge on any atom is 0.215 e. The molecule has 0 atom stereocenters. The standard InChI is InChI=1S/C48H25N9/c1-49-38-24-40(37-19-4-6-22-52-37)53-27-35(38)39-25-42(45-41(50-2)23-29(26-54-45)36-18-3-5-21-51-36)56-48(55-39)34-17-10-16-33-32-15-9-14-31-30-13-7-11-28-12-8-20-43(44(28)30)57(46(31)32)47(33)34/h3-27H. The maximum atomic E-state index is 8.23. The van der Waals surface area contributed by atoms with Crippen LogP contribution in [0.3, 0.4) is 0 Å². The highest BCUT2D eigenvalue weighted by molar-refractivity contribution is 6.27. The van der Waals surface area contributed by atoms with E-state index in [-0.39, 0.29) is 0 Å². The minimum Gasteiger partial charge on any atom is -0.307 e. The number of hydrogen-bond donors (Lipinski definition) is 0. The quantitative estimate of drug-likeness (QED) is 0.0996. The van der Waals surface area contributed by atoms with Gasteiger partial charge in [0, 0.05) is 63.0 Å². The lowest BCUT2D eigenvalue weighted by atomic mass is 9.99. The molecule has 0 N–H and O–H groups in total. The van der Waals surface area contributed by atoms with Gasteiger partial charge in [-0.05, 0) is 65.4 Å². The van der Waals surface area contributed by atoms with Gasteiger partial charge in [0.25, 0.3) is 0 Å². The zero-order chi connectivity index (χ0) is 38.0. The lowest BCUT2D eigenvalue weighted by Crippen LogP contribution is -2.00. The van der Waals surface area contributed by atoms with Crippen molar-refractivity contribution in [3.63, 3.8) is 0 Å². The van der Waals surface area contributed by atoms with Gasteiger partial charge in [0.2, 0.25) is 5.69 Å². The normalized spacial score (nSPS) is 11.5. The summed E-state index contributed by atoms with van der Waals surface area (Å²) in [6.45, 7) is 16.5. The maximum absolute atomic E-state index is 8.23. The van der Waals surface area contributed by atoms with Crippen LogP contribution in [-0.4, -0.2) is 34.3 Å². The fraction of sp³-hybridized carbons (Fsp3) is 0. The summed E-state index contributed by atoms with van der Waals surface area (Å²) in [5.41, 5.74) is 9.15. The van der Waals surface area contributed by atoms with Crippen LogP contribution in [0.5, 0.6) is 0 Å². The highest BCUT2D eigenvalue weighted by atomic mass is 15.0. The minimum atomic E-state index is 0.317. The molecule has 0 aliphatic rings. The van der Waals surface area contributed by atoms with Gasteiger partial charge in [0.15, 0.2) is 11.5 Å². The van der Waals surface area contributed by atoms with Gasteiger partial charge in [0.05, 0.1) is 63.9 Å². The van der Waals surface area contributed by atoms with Crippen molar-refractivity contribution in [2.24, 2.45) is 0 Å². The van der Waals surface area contributed by atoms with E-state index in [0.717, 1.165) is 49.2 Å². The van der Waals surface area contributed by atoms with Crippen LogP contribution in [-0.2, 0) is 0 Å². The predicted molar refractivity (Wildman–Crippen MR) is 225 cm³/mol. The van der Waals surface area contributed by atoms with Crippen LogP contribution in [0.2, 0.25) is 0 Å².